The van der Waals surface area contributed by atoms with Crippen molar-refractivity contribution in [1.29, 1.82) is 0 Å². The van der Waals surface area contributed by atoms with Crippen molar-refractivity contribution >= 4 is 10.9 Å². The number of hydrogen-bond donors (Lipinski definition) is 1. The predicted octanol–water partition coefficient (Wildman–Crippen LogP) is 5.25. The van der Waals surface area contributed by atoms with Crippen LogP contribution in [0.4, 0.5) is 0 Å². The van der Waals surface area contributed by atoms with E-state index in [1.54, 1.807) is 7.11 Å². The molecule has 0 radical (unpaired) electrons. The molecule has 1 heterocycles. The number of nitro groups is 1. The first-order valence-electron chi connectivity index (χ1n) is 9.09. The molecule has 0 aliphatic rings. The van der Waals surface area contributed by atoms with Gasteiger partial charge in [-0.15, -0.1) is 0 Å². The van der Waals surface area contributed by atoms with Gasteiger partial charge in [0.15, 0.2) is 0 Å². The van der Waals surface area contributed by atoms with Crippen molar-refractivity contribution < 1.29 is 9.66 Å². The summed E-state index contributed by atoms with van der Waals surface area (Å²) in [6.45, 7) is -0.220. The first kappa shape index (κ1) is 17.8. The van der Waals surface area contributed by atoms with Crippen molar-refractivity contribution in [2.24, 2.45) is 0 Å². The Labute approximate surface area is 162 Å². The zero-order valence-electron chi connectivity index (χ0n) is 15.5. The number of aromatic nitrogens is 1. The maximum Gasteiger partial charge on any atom is 0.214 e. The van der Waals surface area contributed by atoms with Crippen LogP contribution in [-0.4, -0.2) is 23.6 Å². The number of aromatic amines is 1. The summed E-state index contributed by atoms with van der Waals surface area (Å²) in [6.07, 6.45) is 0. The highest BCUT2D eigenvalue weighted by atomic mass is 16.6. The maximum absolute atomic E-state index is 11.6. The smallest absolute Gasteiger partial charge is 0.214 e. The summed E-state index contributed by atoms with van der Waals surface area (Å²) in [5.74, 6) is 0.205. The van der Waals surface area contributed by atoms with Crippen LogP contribution in [-0.2, 0) is 0 Å². The van der Waals surface area contributed by atoms with Gasteiger partial charge in [-0.25, -0.2) is 0 Å². The van der Waals surface area contributed by atoms with E-state index in [4.69, 9.17) is 4.74 Å². The van der Waals surface area contributed by atoms with Gasteiger partial charge in [0.25, 0.3) is 0 Å². The lowest BCUT2D eigenvalue weighted by Gasteiger charge is -2.18. The van der Waals surface area contributed by atoms with Crippen molar-refractivity contribution in [3.8, 4) is 17.0 Å². The molecule has 0 amide bonds. The highest BCUT2D eigenvalue weighted by molar-refractivity contribution is 5.92. The second kappa shape index (κ2) is 7.56. The lowest BCUT2D eigenvalue weighted by Crippen LogP contribution is -2.15. The van der Waals surface area contributed by atoms with Gasteiger partial charge < -0.3 is 9.72 Å². The lowest BCUT2D eigenvalue weighted by atomic mass is 9.87. The molecular formula is C23H20N2O3. The van der Waals surface area contributed by atoms with Gasteiger partial charge in [-0.1, -0.05) is 66.7 Å². The summed E-state index contributed by atoms with van der Waals surface area (Å²) in [7, 11) is 1.59. The van der Waals surface area contributed by atoms with E-state index in [2.05, 4.69) is 4.98 Å². The van der Waals surface area contributed by atoms with E-state index in [0.717, 1.165) is 33.3 Å². The minimum atomic E-state index is -0.447. The topological polar surface area (TPSA) is 68.2 Å². The largest absolute Gasteiger partial charge is 0.496 e. The second-order valence-corrected chi connectivity index (χ2v) is 6.64. The fourth-order valence-electron chi connectivity index (χ4n) is 3.81. The number of benzene rings is 3. The van der Waals surface area contributed by atoms with Crippen LogP contribution in [0.3, 0.4) is 0 Å². The molecule has 0 aliphatic carbocycles. The third kappa shape index (κ3) is 3.22. The molecule has 0 bridgehead atoms. The van der Waals surface area contributed by atoms with Gasteiger partial charge in [0.05, 0.1) is 18.7 Å². The minimum absolute atomic E-state index is 0.220. The van der Waals surface area contributed by atoms with E-state index in [0.29, 0.717) is 5.75 Å². The van der Waals surface area contributed by atoms with Crippen LogP contribution in [0.25, 0.3) is 22.2 Å². The number of para-hydroxylation sites is 2. The van der Waals surface area contributed by atoms with E-state index < -0.39 is 5.92 Å². The van der Waals surface area contributed by atoms with Crippen LogP contribution in [0.5, 0.6) is 5.75 Å². The van der Waals surface area contributed by atoms with Crippen LogP contribution >= 0.6 is 0 Å². The minimum Gasteiger partial charge on any atom is -0.496 e. The number of fused-ring (bicyclic) bond motifs is 1. The van der Waals surface area contributed by atoms with Gasteiger partial charge in [0, 0.05) is 21.4 Å². The molecule has 28 heavy (non-hydrogen) atoms. The van der Waals surface area contributed by atoms with Crippen LogP contribution < -0.4 is 4.74 Å². The van der Waals surface area contributed by atoms with E-state index in [-0.39, 0.29) is 11.5 Å². The van der Waals surface area contributed by atoms with Crippen LogP contribution in [0.15, 0.2) is 78.9 Å². The Bertz CT molecular complexity index is 1120. The molecule has 4 rings (SSSR count). The number of nitrogens with one attached hydrogen (secondary N) is 1. The van der Waals surface area contributed by atoms with Crippen molar-refractivity contribution in [3.05, 3.63) is 100 Å². The molecule has 5 nitrogen and oxygen atoms in total. The Balaban J connectivity index is 2.02. The van der Waals surface area contributed by atoms with E-state index in [1.165, 1.54) is 0 Å². The van der Waals surface area contributed by atoms with Crippen molar-refractivity contribution in [2.45, 2.75) is 5.92 Å². The quantitative estimate of drug-likeness (QED) is 0.371. The van der Waals surface area contributed by atoms with E-state index in [9.17, 15) is 10.1 Å². The Morgan fingerprint density at radius 2 is 1.64 bits per heavy atom. The summed E-state index contributed by atoms with van der Waals surface area (Å²) in [4.78, 5) is 14.8. The normalized spacial score (nSPS) is 12.0. The van der Waals surface area contributed by atoms with Gasteiger partial charge >= 0.3 is 0 Å². The van der Waals surface area contributed by atoms with Crippen molar-refractivity contribution in [2.75, 3.05) is 13.7 Å². The summed E-state index contributed by atoms with van der Waals surface area (Å²) in [5, 5.41) is 12.6. The zero-order valence-corrected chi connectivity index (χ0v) is 15.5. The Morgan fingerprint density at radius 1 is 0.964 bits per heavy atom. The number of rotatable bonds is 6. The number of nitrogens with zero attached hydrogens (tertiary/aromatic N) is 1. The van der Waals surface area contributed by atoms with E-state index >= 15 is 0 Å². The molecule has 0 saturated heterocycles. The molecule has 3 aromatic carbocycles. The second-order valence-electron chi connectivity index (χ2n) is 6.64. The van der Waals surface area contributed by atoms with Crippen molar-refractivity contribution in [3.63, 3.8) is 0 Å². The summed E-state index contributed by atoms with van der Waals surface area (Å²) in [5.41, 5.74) is 4.59. The average molecular weight is 372 g/mol. The molecule has 4 aromatic rings. The third-order valence-electron chi connectivity index (χ3n) is 5.00. The highest BCUT2D eigenvalue weighted by Gasteiger charge is 2.29. The molecule has 0 saturated carbocycles. The molecule has 140 valence electrons. The monoisotopic (exact) mass is 372 g/mol. The molecule has 5 heteroatoms. The number of methoxy groups -OCH3 is 1. The number of ether oxygens (including phenoxy) is 1. The van der Waals surface area contributed by atoms with Crippen LogP contribution in [0.2, 0.25) is 0 Å². The van der Waals surface area contributed by atoms with Crippen molar-refractivity contribution in [1.82, 2.24) is 4.98 Å². The number of hydrogen-bond acceptors (Lipinski definition) is 3. The van der Waals surface area contributed by atoms with Gasteiger partial charge in [-0.3, -0.25) is 10.1 Å². The lowest BCUT2D eigenvalue weighted by molar-refractivity contribution is -0.481. The molecule has 1 atom stereocenters. The molecule has 1 aromatic heterocycles. The van der Waals surface area contributed by atoms with Gasteiger partial charge in [0.1, 0.15) is 5.75 Å². The zero-order chi connectivity index (χ0) is 19.5. The van der Waals surface area contributed by atoms with Crippen LogP contribution in [0, 0.1) is 10.1 Å². The molecule has 0 aliphatic heterocycles. The molecular weight excluding hydrogens is 352 g/mol. The first-order valence-corrected chi connectivity index (χ1v) is 9.09. The Kier molecular flexibility index (Phi) is 4.81. The SMILES string of the molecule is COc1ccccc1C(C[N+](=O)[O-])c1c(-c2ccccc2)[nH]c2ccccc12. The van der Waals surface area contributed by atoms with Gasteiger partial charge in [-0.2, -0.15) is 0 Å². The number of H-pyrrole nitrogens is 1. The maximum atomic E-state index is 11.6. The predicted molar refractivity (Wildman–Crippen MR) is 110 cm³/mol. The Morgan fingerprint density at radius 3 is 2.39 bits per heavy atom. The first-order chi connectivity index (χ1) is 13.7. The van der Waals surface area contributed by atoms with E-state index in [1.807, 2.05) is 78.9 Å². The van der Waals surface area contributed by atoms with Gasteiger partial charge in [-0.05, 0) is 23.3 Å². The summed E-state index contributed by atoms with van der Waals surface area (Å²) < 4.78 is 5.53. The standard InChI is InChI=1S/C23H20N2O3/c1-28-21-14-8-6-11-17(21)19(15-25(26)27)22-18-12-5-7-13-20(18)24-23(22)16-9-3-2-4-10-16/h2-14,19,24H,15H2,1H3. The molecule has 0 fully saturated rings. The fraction of sp³-hybridized carbons (Fsp3) is 0.130. The fourth-order valence-corrected chi connectivity index (χ4v) is 3.81. The summed E-state index contributed by atoms with van der Waals surface area (Å²) in [6, 6.07) is 25.4. The molecule has 1 unspecified atom stereocenters. The summed E-state index contributed by atoms with van der Waals surface area (Å²) >= 11 is 0. The molecule has 0 spiro atoms. The molecule has 1 N–H and O–H groups in total. The van der Waals surface area contributed by atoms with Gasteiger partial charge in [0.2, 0.25) is 6.54 Å². The average Bonchev–Trinajstić information content (AvgIpc) is 3.12. The Hall–Kier alpha value is -3.60. The highest BCUT2D eigenvalue weighted by Crippen LogP contribution is 2.41. The van der Waals surface area contributed by atoms with Crippen LogP contribution in [0.1, 0.15) is 17.0 Å². The third-order valence-corrected chi connectivity index (χ3v) is 5.00.